The SMILES string of the molecule is COc1ccc(NC(=O)N2CC(C)CC(C)C2)c(OC)c1. The van der Waals surface area contributed by atoms with Gasteiger partial charge in [-0.1, -0.05) is 13.8 Å². The summed E-state index contributed by atoms with van der Waals surface area (Å²) in [6, 6.07) is 5.29. The lowest BCUT2D eigenvalue weighted by atomic mass is 9.92. The molecule has 5 heteroatoms. The van der Waals surface area contributed by atoms with Crippen molar-refractivity contribution in [2.24, 2.45) is 11.8 Å². The van der Waals surface area contributed by atoms with Crippen LogP contribution in [-0.4, -0.2) is 38.2 Å². The van der Waals surface area contributed by atoms with Gasteiger partial charge in [0, 0.05) is 19.2 Å². The van der Waals surface area contributed by atoms with Gasteiger partial charge in [-0.15, -0.1) is 0 Å². The second kappa shape index (κ2) is 6.70. The van der Waals surface area contributed by atoms with Crippen molar-refractivity contribution in [1.82, 2.24) is 4.90 Å². The van der Waals surface area contributed by atoms with Crippen molar-refractivity contribution in [3.63, 3.8) is 0 Å². The molecule has 2 rings (SSSR count). The van der Waals surface area contributed by atoms with E-state index in [-0.39, 0.29) is 6.03 Å². The first-order chi connectivity index (χ1) is 10.0. The molecule has 0 bridgehead atoms. The van der Waals surface area contributed by atoms with Crippen LogP contribution in [0.5, 0.6) is 11.5 Å². The van der Waals surface area contributed by atoms with E-state index in [0.717, 1.165) is 13.1 Å². The number of carbonyl (C=O) groups excluding carboxylic acids is 1. The van der Waals surface area contributed by atoms with Gasteiger partial charge in [-0.25, -0.2) is 4.79 Å². The van der Waals surface area contributed by atoms with Crippen molar-refractivity contribution in [2.75, 3.05) is 32.6 Å². The number of urea groups is 1. The van der Waals surface area contributed by atoms with E-state index in [1.165, 1.54) is 6.42 Å². The molecule has 0 radical (unpaired) electrons. The summed E-state index contributed by atoms with van der Waals surface area (Å²) in [5.74, 6) is 2.38. The minimum Gasteiger partial charge on any atom is -0.497 e. The third-order valence-corrected chi connectivity index (χ3v) is 3.81. The molecule has 1 saturated heterocycles. The molecule has 1 aliphatic heterocycles. The predicted octanol–water partition coefficient (Wildman–Crippen LogP) is 3.21. The van der Waals surface area contributed by atoms with Crippen molar-refractivity contribution >= 4 is 11.7 Å². The summed E-state index contributed by atoms with van der Waals surface area (Å²) in [7, 11) is 3.18. The summed E-state index contributed by atoms with van der Waals surface area (Å²) in [6.07, 6.45) is 1.18. The van der Waals surface area contributed by atoms with Crippen LogP contribution < -0.4 is 14.8 Å². The third kappa shape index (κ3) is 3.80. The molecular formula is C16H24N2O3. The number of anilines is 1. The van der Waals surface area contributed by atoms with Crippen molar-refractivity contribution in [2.45, 2.75) is 20.3 Å². The summed E-state index contributed by atoms with van der Waals surface area (Å²) in [5.41, 5.74) is 0.661. The Morgan fingerprint density at radius 1 is 1.19 bits per heavy atom. The molecular weight excluding hydrogens is 268 g/mol. The molecule has 1 N–H and O–H groups in total. The zero-order valence-corrected chi connectivity index (χ0v) is 13.2. The summed E-state index contributed by atoms with van der Waals surface area (Å²) in [6.45, 7) is 5.97. The van der Waals surface area contributed by atoms with Gasteiger partial charge in [0.1, 0.15) is 11.5 Å². The standard InChI is InChI=1S/C16H24N2O3/c1-11-7-12(2)10-18(9-11)16(19)17-14-6-5-13(20-3)8-15(14)21-4/h5-6,8,11-12H,7,9-10H2,1-4H3,(H,17,19). The first-order valence-corrected chi connectivity index (χ1v) is 7.31. The molecule has 2 unspecified atom stereocenters. The maximum absolute atomic E-state index is 12.4. The first-order valence-electron chi connectivity index (χ1n) is 7.31. The molecule has 5 nitrogen and oxygen atoms in total. The lowest BCUT2D eigenvalue weighted by molar-refractivity contribution is 0.156. The van der Waals surface area contributed by atoms with Gasteiger partial charge in [0.05, 0.1) is 19.9 Å². The molecule has 21 heavy (non-hydrogen) atoms. The summed E-state index contributed by atoms with van der Waals surface area (Å²) in [4.78, 5) is 14.3. The van der Waals surface area contributed by atoms with Crippen molar-refractivity contribution in [1.29, 1.82) is 0 Å². The number of methoxy groups -OCH3 is 2. The average Bonchev–Trinajstić information content (AvgIpc) is 2.46. The molecule has 0 spiro atoms. The number of piperidine rings is 1. The molecule has 1 aromatic carbocycles. The first kappa shape index (κ1) is 15.5. The average molecular weight is 292 g/mol. The third-order valence-electron chi connectivity index (χ3n) is 3.81. The van der Waals surface area contributed by atoms with Crippen molar-refractivity contribution in [3.8, 4) is 11.5 Å². The van der Waals surface area contributed by atoms with Crippen LogP contribution in [0.1, 0.15) is 20.3 Å². The molecule has 1 heterocycles. The quantitative estimate of drug-likeness (QED) is 0.930. The van der Waals surface area contributed by atoms with Crippen LogP contribution in [0.2, 0.25) is 0 Å². The fourth-order valence-electron chi connectivity index (χ4n) is 2.92. The highest BCUT2D eigenvalue weighted by molar-refractivity contribution is 5.91. The fourth-order valence-corrected chi connectivity index (χ4v) is 2.92. The van der Waals surface area contributed by atoms with Crippen molar-refractivity contribution < 1.29 is 14.3 Å². The lowest BCUT2D eigenvalue weighted by Gasteiger charge is -2.35. The van der Waals surface area contributed by atoms with E-state index in [2.05, 4.69) is 19.2 Å². The Kier molecular flexibility index (Phi) is 4.94. The highest BCUT2D eigenvalue weighted by Crippen LogP contribution is 2.30. The Morgan fingerprint density at radius 2 is 1.86 bits per heavy atom. The highest BCUT2D eigenvalue weighted by Gasteiger charge is 2.25. The minimum atomic E-state index is -0.0723. The van der Waals surface area contributed by atoms with Gasteiger partial charge >= 0.3 is 6.03 Å². The largest absolute Gasteiger partial charge is 0.497 e. The van der Waals surface area contributed by atoms with Gasteiger partial charge in [-0.05, 0) is 30.4 Å². The summed E-state index contributed by atoms with van der Waals surface area (Å²) in [5, 5.41) is 2.93. The zero-order valence-electron chi connectivity index (χ0n) is 13.2. The van der Waals surface area contributed by atoms with E-state index in [1.54, 1.807) is 32.4 Å². The monoisotopic (exact) mass is 292 g/mol. The molecule has 2 atom stereocenters. The smallest absolute Gasteiger partial charge is 0.321 e. The number of nitrogens with one attached hydrogen (secondary N) is 1. The summed E-state index contributed by atoms with van der Waals surface area (Å²) < 4.78 is 10.5. The minimum absolute atomic E-state index is 0.0723. The molecule has 1 aliphatic rings. The van der Waals surface area contributed by atoms with Gasteiger partial charge in [-0.2, -0.15) is 0 Å². The maximum Gasteiger partial charge on any atom is 0.321 e. The molecule has 1 aromatic rings. The van der Waals surface area contributed by atoms with Gasteiger partial charge in [0.15, 0.2) is 0 Å². The Morgan fingerprint density at radius 3 is 2.43 bits per heavy atom. The number of rotatable bonds is 3. The Balaban J connectivity index is 2.08. The molecule has 1 fully saturated rings. The van der Waals surface area contributed by atoms with Crippen LogP contribution in [0.4, 0.5) is 10.5 Å². The van der Waals surface area contributed by atoms with Gasteiger partial charge in [0.2, 0.25) is 0 Å². The number of hydrogen-bond acceptors (Lipinski definition) is 3. The number of nitrogens with zero attached hydrogens (tertiary/aromatic N) is 1. The van der Waals surface area contributed by atoms with Gasteiger partial charge in [0.25, 0.3) is 0 Å². The molecule has 116 valence electrons. The zero-order chi connectivity index (χ0) is 15.4. The molecule has 0 aromatic heterocycles. The number of hydrogen-bond donors (Lipinski definition) is 1. The van der Waals surface area contributed by atoms with E-state index < -0.39 is 0 Å². The number of benzene rings is 1. The van der Waals surface area contributed by atoms with Crippen LogP contribution in [0.15, 0.2) is 18.2 Å². The Bertz CT molecular complexity index is 494. The number of ether oxygens (including phenoxy) is 2. The van der Waals surface area contributed by atoms with E-state index in [0.29, 0.717) is 29.0 Å². The van der Waals surface area contributed by atoms with Crippen molar-refractivity contribution in [3.05, 3.63) is 18.2 Å². The lowest BCUT2D eigenvalue weighted by Crippen LogP contribution is -2.44. The number of amides is 2. The fraction of sp³-hybridized carbons (Fsp3) is 0.562. The van der Waals surface area contributed by atoms with E-state index in [4.69, 9.17) is 9.47 Å². The second-order valence-electron chi connectivity index (χ2n) is 5.85. The number of carbonyl (C=O) groups is 1. The second-order valence-corrected chi connectivity index (χ2v) is 5.85. The normalized spacial score (nSPS) is 21.8. The van der Waals surface area contributed by atoms with Gasteiger partial charge in [-0.3, -0.25) is 0 Å². The molecule has 2 amide bonds. The Hall–Kier alpha value is -1.91. The van der Waals surface area contributed by atoms with Crippen LogP contribution in [0, 0.1) is 11.8 Å². The maximum atomic E-state index is 12.4. The molecule has 0 saturated carbocycles. The number of likely N-dealkylation sites (tertiary alicyclic amines) is 1. The van der Waals surface area contributed by atoms with Crippen LogP contribution in [0.25, 0.3) is 0 Å². The van der Waals surface area contributed by atoms with E-state index in [1.807, 2.05) is 4.90 Å². The highest BCUT2D eigenvalue weighted by atomic mass is 16.5. The predicted molar refractivity (Wildman–Crippen MR) is 83.1 cm³/mol. The van der Waals surface area contributed by atoms with Gasteiger partial charge < -0.3 is 19.7 Å². The van der Waals surface area contributed by atoms with Crippen LogP contribution in [-0.2, 0) is 0 Å². The van der Waals surface area contributed by atoms with E-state index in [9.17, 15) is 4.79 Å². The molecule has 0 aliphatic carbocycles. The topological polar surface area (TPSA) is 50.8 Å². The Labute approximate surface area is 126 Å². The summed E-state index contributed by atoms with van der Waals surface area (Å²) >= 11 is 0. The van der Waals surface area contributed by atoms with Crippen LogP contribution in [0.3, 0.4) is 0 Å². The van der Waals surface area contributed by atoms with Crippen LogP contribution >= 0.6 is 0 Å². The van der Waals surface area contributed by atoms with E-state index >= 15 is 0 Å².